The van der Waals surface area contributed by atoms with Gasteiger partial charge in [-0.25, -0.2) is 0 Å². The van der Waals surface area contributed by atoms with Crippen molar-refractivity contribution in [2.24, 2.45) is 11.1 Å². The van der Waals surface area contributed by atoms with E-state index in [1.807, 2.05) is 20.8 Å². The SMILES string of the molecule is CC(C)(C)C(=N)C=C(N)CNC(=O)Cn1nc(C(F)(F)F)c2c1CCCC2. The Morgan fingerprint density at radius 2 is 1.93 bits per heavy atom. The van der Waals surface area contributed by atoms with Crippen LogP contribution in [-0.2, 0) is 30.4 Å². The summed E-state index contributed by atoms with van der Waals surface area (Å²) in [5.74, 6) is -0.474. The van der Waals surface area contributed by atoms with E-state index in [4.69, 9.17) is 11.1 Å². The molecule has 1 aromatic heterocycles. The van der Waals surface area contributed by atoms with Crippen molar-refractivity contribution >= 4 is 11.6 Å². The van der Waals surface area contributed by atoms with E-state index in [1.54, 1.807) is 0 Å². The summed E-state index contributed by atoms with van der Waals surface area (Å²) in [5.41, 5.74) is 5.90. The largest absolute Gasteiger partial charge is 0.435 e. The van der Waals surface area contributed by atoms with Crippen LogP contribution in [-0.4, -0.2) is 27.9 Å². The molecule has 0 fully saturated rings. The Bertz CT molecular complexity index is 756. The Morgan fingerprint density at radius 3 is 2.52 bits per heavy atom. The van der Waals surface area contributed by atoms with Gasteiger partial charge >= 0.3 is 6.18 Å². The minimum atomic E-state index is -4.52. The molecule has 0 radical (unpaired) electrons. The van der Waals surface area contributed by atoms with Crippen LogP contribution < -0.4 is 11.1 Å². The number of alkyl halides is 3. The van der Waals surface area contributed by atoms with Crippen molar-refractivity contribution < 1.29 is 18.0 Å². The maximum Gasteiger partial charge on any atom is 0.435 e. The van der Waals surface area contributed by atoms with Crippen LogP contribution in [0.3, 0.4) is 0 Å². The minimum Gasteiger partial charge on any atom is -0.401 e. The molecule has 0 unspecified atom stereocenters. The van der Waals surface area contributed by atoms with Crippen molar-refractivity contribution in [3.63, 3.8) is 0 Å². The topological polar surface area (TPSA) is 96.8 Å². The summed E-state index contributed by atoms with van der Waals surface area (Å²) in [6.45, 7) is 5.35. The van der Waals surface area contributed by atoms with Gasteiger partial charge in [0.15, 0.2) is 5.69 Å². The Morgan fingerprint density at radius 1 is 1.30 bits per heavy atom. The molecule has 6 nitrogen and oxygen atoms in total. The first-order valence-electron chi connectivity index (χ1n) is 8.87. The van der Waals surface area contributed by atoms with Gasteiger partial charge < -0.3 is 16.5 Å². The number of carbonyl (C=O) groups excluding carboxylic acids is 1. The lowest BCUT2D eigenvalue weighted by Crippen LogP contribution is -2.32. The van der Waals surface area contributed by atoms with E-state index >= 15 is 0 Å². The highest BCUT2D eigenvalue weighted by atomic mass is 19.4. The van der Waals surface area contributed by atoms with Gasteiger partial charge in [-0.2, -0.15) is 18.3 Å². The number of nitrogens with zero attached hydrogens (tertiary/aromatic N) is 2. The summed E-state index contributed by atoms with van der Waals surface area (Å²) in [5, 5.41) is 14.1. The van der Waals surface area contributed by atoms with E-state index in [-0.39, 0.29) is 24.1 Å². The number of amides is 1. The van der Waals surface area contributed by atoms with Gasteiger partial charge in [0.05, 0.1) is 6.54 Å². The molecule has 0 atom stereocenters. The standard InChI is InChI=1S/C18H26F3N5O/c1-17(2,3)14(23)8-11(22)9-24-15(27)10-26-13-7-5-4-6-12(13)16(25-26)18(19,20)21/h8,23H,4-7,9-10,22H2,1-3H3,(H,24,27). The Hall–Kier alpha value is -2.32. The number of halogens is 3. The van der Waals surface area contributed by atoms with Gasteiger partial charge in [0.1, 0.15) is 6.54 Å². The molecule has 1 aliphatic rings. The van der Waals surface area contributed by atoms with Crippen LogP contribution in [0.2, 0.25) is 0 Å². The first kappa shape index (κ1) is 21.0. The van der Waals surface area contributed by atoms with Crippen LogP contribution in [0.25, 0.3) is 0 Å². The molecule has 1 heterocycles. The zero-order valence-corrected chi connectivity index (χ0v) is 15.8. The first-order chi connectivity index (χ1) is 12.4. The maximum atomic E-state index is 13.2. The number of carbonyl (C=O) groups is 1. The highest BCUT2D eigenvalue weighted by Crippen LogP contribution is 2.35. The van der Waals surface area contributed by atoms with Crippen LogP contribution >= 0.6 is 0 Å². The molecule has 150 valence electrons. The number of rotatable bonds is 5. The predicted octanol–water partition coefficient (Wildman–Crippen LogP) is 2.81. The fourth-order valence-corrected chi connectivity index (χ4v) is 2.87. The quantitative estimate of drug-likeness (QED) is 0.680. The van der Waals surface area contributed by atoms with Crippen molar-refractivity contribution in [3.05, 3.63) is 28.7 Å². The monoisotopic (exact) mass is 385 g/mol. The molecular formula is C18H26F3N5O. The van der Waals surface area contributed by atoms with Gasteiger partial charge in [0, 0.05) is 28.1 Å². The average molecular weight is 385 g/mol. The fourth-order valence-electron chi connectivity index (χ4n) is 2.87. The molecular weight excluding hydrogens is 359 g/mol. The molecule has 27 heavy (non-hydrogen) atoms. The molecule has 9 heteroatoms. The molecule has 4 N–H and O–H groups in total. The second-order valence-corrected chi connectivity index (χ2v) is 7.80. The third-order valence-electron chi connectivity index (χ3n) is 4.45. The summed E-state index contributed by atoms with van der Waals surface area (Å²) in [4.78, 5) is 12.2. The summed E-state index contributed by atoms with van der Waals surface area (Å²) in [6.07, 6.45) is -0.758. The van der Waals surface area contributed by atoms with Crippen LogP contribution in [0, 0.1) is 10.8 Å². The number of nitrogens with two attached hydrogens (primary N) is 1. The lowest BCUT2D eigenvalue weighted by molar-refractivity contribution is -0.142. The lowest BCUT2D eigenvalue weighted by Gasteiger charge is -2.17. The Labute approximate surface area is 156 Å². The first-order valence-corrected chi connectivity index (χ1v) is 8.87. The summed E-state index contributed by atoms with van der Waals surface area (Å²) in [6, 6.07) is 0. The molecule has 0 aliphatic heterocycles. The van der Waals surface area contributed by atoms with Crippen molar-refractivity contribution in [2.75, 3.05) is 6.54 Å². The maximum absolute atomic E-state index is 13.2. The Balaban J connectivity index is 2.05. The van der Waals surface area contributed by atoms with E-state index in [0.717, 1.165) is 11.1 Å². The summed E-state index contributed by atoms with van der Waals surface area (Å²) in [7, 11) is 0. The third kappa shape index (κ3) is 5.33. The van der Waals surface area contributed by atoms with Crippen LogP contribution in [0.15, 0.2) is 11.8 Å². The molecule has 1 aliphatic carbocycles. The Kier molecular flexibility index (Phi) is 6.01. The van der Waals surface area contributed by atoms with Gasteiger partial charge in [0.2, 0.25) is 5.91 Å². The van der Waals surface area contributed by atoms with Crippen LogP contribution in [0.4, 0.5) is 13.2 Å². The summed E-state index contributed by atoms with van der Waals surface area (Å²) >= 11 is 0. The number of allylic oxidation sites excluding steroid dienone is 1. The number of hydrogen-bond donors (Lipinski definition) is 3. The van der Waals surface area contributed by atoms with Gasteiger partial charge in [-0.05, 0) is 31.8 Å². The number of aromatic nitrogens is 2. The third-order valence-corrected chi connectivity index (χ3v) is 4.45. The zero-order chi connectivity index (χ0) is 20.4. The van der Waals surface area contributed by atoms with Crippen LogP contribution in [0.1, 0.15) is 50.6 Å². The lowest BCUT2D eigenvalue weighted by atomic mass is 9.89. The molecule has 1 amide bonds. The van der Waals surface area contributed by atoms with Crippen molar-refractivity contribution in [1.82, 2.24) is 15.1 Å². The molecule has 0 aromatic carbocycles. The second kappa shape index (κ2) is 7.74. The molecule has 0 saturated carbocycles. The molecule has 1 aromatic rings. The van der Waals surface area contributed by atoms with Gasteiger partial charge in [-0.1, -0.05) is 20.8 Å². The number of hydrogen-bond acceptors (Lipinski definition) is 4. The van der Waals surface area contributed by atoms with Crippen LogP contribution in [0.5, 0.6) is 0 Å². The molecule has 0 spiro atoms. The number of nitrogens with one attached hydrogen (secondary N) is 2. The van der Waals surface area contributed by atoms with E-state index in [1.165, 1.54) is 6.08 Å². The zero-order valence-electron chi connectivity index (χ0n) is 15.8. The smallest absolute Gasteiger partial charge is 0.401 e. The number of fused-ring (bicyclic) bond motifs is 1. The second-order valence-electron chi connectivity index (χ2n) is 7.80. The average Bonchev–Trinajstić information content (AvgIpc) is 2.91. The van der Waals surface area contributed by atoms with E-state index in [2.05, 4.69) is 10.4 Å². The highest BCUT2D eigenvalue weighted by Gasteiger charge is 2.39. The van der Waals surface area contributed by atoms with E-state index < -0.39 is 17.8 Å². The van der Waals surface area contributed by atoms with Crippen molar-refractivity contribution in [1.29, 1.82) is 5.41 Å². The minimum absolute atomic E-state index is 0.0207. The van der Waals surface area contributed by atoms with E-state index in [9.17, 15) is 18.0 Å². The normalized spacial score (nSPS) is 15.4. The summed E-state index contributed by atoms with van der Waals surface area (Å²) < 4.78 is 40.7. The van der Waals surface area contributed by atoms with Crippen molar-refractivity contribution in [2.45, 2.75) is 59.2 Å². The van der Waals surface area contributed by atoms with Gasteiger partial charge in [-0.3, -0.25) is 9.48 Å². The molecule has 2 rings (SSSR count). The van der Waals surface area contributed by atoms with E-state index in [0.29, 0.717) is 36.4 Å². The van der Waals surface area contributed by atoms with Crippen molar-refractivity contribution in [3.8, 4) is 0 Å². The van der Waals surface area contributed by atoms with Gasteiger partial charge in [0.25, 0.3) is 0 Å². The molecule has 0 bridgehead atoms. The predicted molar refractivity (Wildman–Crippen MR) is 96.3 cm³/mol. The highest BCUT2D eigenvalue weighted by molar-refractivity contribution is 5.96. The fraction of sp³-hybridized carbons (Fsp3) is 0.611. The van der Waals surface area contributed by atoms with Gasteiger partial charge in [-0.15, -0.1) is 0 Å². The molecule has 0 saturated heterocycles.